The summed E-state index contributed by atoms with van der Waals surface area (Å²) in [6.07, 6.45) is 1.74. The van der Waals surface area contributed by atoms with Gasteiger partial charge in [0, 0.05) is 17.7 Å². The first kappa shape index (κ1) is 21.4. The fourth-order valence-corrected chi connectivity index (χ4v) is 1.89. The van der Waals surface area contributed by atoms with Crippen LogP contribution in [-0.4, -0.2) is 27.0 Å². The first-order valence-electron chi connectivity index (χ1n) is 8.22. The van der Waals surface area contributed by atoms with Gasteiger partial charge < -0.3 is 25.2 Å². The fourth-order valence-electron chi connectivity index (χ4n) is 1.89. The highest BCUT2D eigenvalue weighted by Crippen LogP contribution is 2.35. The molecule has 0 fully saturated rings. The summed E-state index contributed by atoms with van der Waals surface area (Å²) in [7, 11) is 0. The number of phenols is 4. The van der Waals surface area contributed by atoms with E-state index in [4.69, 9.17) is 20.1 Å². The average Bonchev–Trinajstić information content (AvgIpc) is 2.61. The first-order valence-corrected chi connectivity index (χ1v) is 8.22. The zero-order valence-electron chi connectivity index (χ0n) is 14.8. The highest BCUT2D eigenvalue weighted by atomic mass is 16.5. The van der Waals surface area contributed by atoms with Gasteiger partial charge in [-0.25, -0.2) is 0 Å². The van der Waals surface area contributed by atoms with Crippen molar-refractivity contribution in [3.63, 3.8) is 0 Å². The summed E-state index contributed by atoms with van der Waals surface area (Å²) in [5, 5.41) is 35.9. The molecule has 1 heterocycles. The molecule has 0 spiro atoms. The van der Waals surface area contributed by atoms with E-state index in [1.807, 2.05) is 27.7 Å². The van der Waals surface area contributed by atoms with Crippen molar-refractivity contribution in [2.75, 3.05) is 6.61 Å². The predicted molar refractivity (Wildman–Crippen MR) is 96.1 cm³/mol. The summed E-state index contributed by atoms with van der Waals surface area (Å²) in [6, 6.07) is 9.02. The molecule has 0 unspecified atom stereocenters. The Bertz CT molecular complexity index is 575. The highest BCUT2D eigenvalue weighted by molar-refractivity contribution is 5.50. The van der Waals surface area contributed by atoms with Crippen LogP contribution in [0, 0.1) is 0 Å². The van der Waals surface area contributed by atoms with Crippen LogP contribution in [0.15, 0.2) is 36.4 Å². The van der Waals surface area contributed by atoms with Gasteiger partial charge in [-0.3, -0.25) is 0 Å². The Morgan fingerprint density at radius 1 is 0.792 bits per heavy atom. The van der Waals surface area contributed by atoms with E-state index < -0.39 is 0 Å². The van der Waals surface area contributed by atoms with E-state index in [2.05, 4.69) is 0 Å². The Labute approximate surface area is 143 Å². The van der Waals surface area contributed by atoms with Crippen LogP contribution in [0.5, 0.6) is 28.7 Å². The second-order valence-electron chi connectivity index (χ2n) is 4.38. The molecule has 3 rings (SSSR count). The molecule has 4 N–H and O–H groups in total. The molecule has 5 nitrogen and oxygen atoms in total. The van der Waals surface area contributed by atoms with Gasteiger partial charge in [-0.15, -0.1) is 0 Å². The molecule has 0 aliphatic carbocycles. The number of rotatable bonds is 0. The van der Waals surface area contributed by atoms with Crippen molar-refractivity contribution in [2.24, 2.45) is 0 Å². The van der Waals surface area contributed by atoms with Crippen LogP contribution in [0.4, 0.5) is 0 Å². The summed E-state index contributed by atoms with van der Waals surface area (Å²) in [6.45, 7) is 8.66. The van der Waals surface area contributed by atoms with Gasteiger partial charge in [0.05, 0.1) is 6.61 Å². The van der Waals surface area contributed by atoms with Crippen LogP contribution >= 0.6 is 0 Å². The van der Waals surface area contributed by atoms with Gasteiger partial charge in [0.25, 0.3) is 0 Å². The normalized spacial score (nSPS) is 11.0. The summed E-state index contributed by atoms with van der Waals surface area (Å²) in [5.41, 5.74) is 0.805. The van der Waals surface area contributed by atoms with Gasteiger partial charge >= 0.3 is 0 Å². The molecule has 0 bridgehead atoms. The number of aromatic hydroxyl groups is 4. The van der Waals surface area contributed by atoms with Gasteiger partial charge in [-0.2, -0.15) is 0 Å². The molecule has 1 aliphatic rings. The third kappa shape index (κ3) is 6.69. The van der Waals surface area contributed by atoms with Crippen molar-refractivity contribution >= 4 is 0 Å². The summed E-state index contributed by atoms with van der Waals surface area (Å²) >= 11 is 0. The SMILES string of the molecule is CC.CC.Oc1cc(O)c2c(c1)OCCC2.Oc1ccccc1O. The third-order valence-corrected chi connectivity index (χ3v) is 2.88. The Morgan fingerprint density at radius 3 is 1.83 bits per heavy atom. The van der Waals surface area contributed by atoms with Crippen LogP contribution in [0.2, 0.25) is 0 Å². The number of hydrogen-bond acceptors (Lipinski definition) is 5. The molecular weight excluding hydrogens is 308 g/mol. The molecule has 0 saturated carbocycles. The Kier molecular flexibility index (Phi) is 10.7. The molecule has 0 amide bonds. The Hall–Kier alpha value is -2.56. The lowest BCUT2D eigenvalue weighted by Gasteiger charge is -2.17. The van der Waals surface area contributed by atoms with Gasteiger partial charge in [-0.1, -0.05) is 39.8 Å². The molecule has 0 atom stereocenters. The van der Waals surface area contributed by atoms with E-state index in [0.29, 0.717) is 12.4 Å². The first-order chi connectivity index (χ1) is 11.6. The number of hydrogen-bond donors (Lipinski definition) is 4. The van der Waals surface area contributed by atoms with Gasteiger partial charge in [0.15, 0.2) is 11.5 Å². The van der Waals surface area contributed by atoms with Crippen molar-refractivity contribution in [1.29, 1.82) is 0 Å². The van der Waals surface area contributed by atoms with Crippen LogP contribution in [0.1, 0.15) is 39.7 Å². The molecule has 134 valence electrons. The standard InChI is InChI=1S/C9H10O3.C6H6O2.2C2H6/c10-6-4-8(11)7-2-1-3-12-9(7)5-6;7-5-3-1-2-4-6(5)8;2*1-2/h4-5,10-11H,1-3H2;1-4,7-8H;2*1-2H3. The van der Waals surface area contributed by atoms with E-state index >= 15 is 0 Å². The monoisotopic (exact) mass is 336 g/mol. The lowest BCUT2D eigenvalue weighted by atomic mass is 10.1. The van der Waals surface area contributed by atoms with E-state index in [1.54, 1.807) is 12.1 Å². The quantitative estimate of drug-likeness (QED) is 0.529. The number of ether oxygens (including phenoxy) is 1. The topological polar surface area (TPSA) is 90.2 Å². The minimum Gasteiger partial charge on any atom is -0.508 e. The van der Waals surface area contributed by atoms with Crippen molar-refractivity contribution in [2.45, 2.75) is 40.5 Å². The summed E-state index contributed by atoms with van der Waals surface area (Å²) in [4.78, 5) is 0. The van der Waals surface area contributed by atoms with Crippen molar-refractivity contribution in [1.82, 2.24) is 0 Å². The Balaban J connectivity index is 0.000000385. The minimum absolute atomic E-state index is 0.0492. The molecule has 24 heavy (non-hydrogen) atoms. The molecule has 0 saturated heterocycles. The molecule has 5 heteroatoms. The van der Waals surface area contributed by atoms with E-state index in [1.165, 1.54) is 24.3 Å². The van der Waals surface area contributed by atoms with Gasteiger partial charge in [0.1, 0.15) is 17.2 Å². The van der Waals surface area contributed by atoms with Gasteiger partial charge in [-0.05, 0) is 25.0 Å². The van der Waals surface area contributed by atoms with Crippen molar-refractivity contribution < 1.29 is 25.2 Å². The summed E-state index contributed by atoms with van der Waals surface area (Å²) < 4.78 is 5.27. The van der Waals surface area contributed by atoms with Crippen LogP contribution in [-0.2, 0) is 6.42 Å². The number of benzene rings is 2. The molecule has 1 aliphatic heterocycles. The van der Waals surface area contributed by atoms with Crippen molar-refractivity contribution in [3.05, 3.63) is 42.0 Å². The maximum absolute atomic E-state index is 9.40. The zero-order chi connectivity index (χ0) is 18.5. The maximum Gasteiger partial charge on any atom is 0.157 e. The van der Waals surface area contributed by atoms with Crippen molar-refractivity contribution in [3.8, 4) is 28.7 Å². The van der Waals surface area contributed by atoms with Crippen LogP contribution < -0.4 is 4.74 Å². The van der Waals surface area contributed by atoms with E-state index in [9.17, 15) is 5.11 Å². The zero-order valence-corrected chi connectivity index (χ0v) is 14.8. The van der Waals surface area contributed by atoms with E-state index in [-0.39, 0.29) is 23.0 Å². The van der Waals surface area contributed by atoms with E-state index in [0.717, 1.165) is 18.4 Å². The number of fused-ring (bicyclic) bond motifs is 1. The molecule has 0 radical (unpaired) electrons. The van der Waals surface area contributed by atoms with Crippen LogP contribution in [0.3, 0.4) is 0 Å². The second kappa shape index (κ2) is 11.9. The highest BCUT2D eigenvalue weighted by Gasteiger charge is 2.15. The molecule has 2 aromatic rings. The molecule has 0 aromatic heterocycles. The number of para-hydroxylation sites is 2. The summed E-state index contributed by atoms with van der Waals surface area (Å²) in [5.74, 6) is 0.636. The Morgan fingerprint density at radius 2 is 1.33 bits per heavy atom. The fraction of sp³-hybridized carbons (Fsp3) is 0.368. The largest absolute Gasteiger partial charge is 0.508 e. The molecule has 2 aromatic carbocycles. The average molecular weight is 336 g/mol. The lowest BCUT2D eigenvalue weighted by molar-refractivity contribution is 0.281. The predicted octanol–water partition coefficient (Wildman–Crippen LogP) is 4.57. The minimum atomic E-state index is -0.0764. The number of phenolic OH excluding ortho intramolecular Hbond substituents is 4. The maximum atomic E-state index is 9.40. The lowest BCUT2D eigenvalue weighted by Crippen LogP contribution is -2.07. The smallest absolute Gasteiger partial charge is 0.157 e. The van der Waals surface area contributed by atoms with Crippen LogP contribution in [0.25, 0.3) is 0 Å². The second-order valence-corrected chi connectivity index (χ2v) is 4.38. The molecular formula is C19H28O5. The third-order valence-electron chi connectivity index (χ3n) is 2.88. The van der Waals surface area contributed by atoms with Gasteiger partial charge in [0.2, 0.25) is 0 Å².